The minimum absolute atomic E-state index is 0.0542. The standard InChI is InChI=1S/C30H44N6O6/c1-20-26(37)13-12-24(40-4)11-8-14-34(3)21(2)28-27(19-41-29(20)38)42-30(39)36(28)16-6-5-15-35-18-25(32-33-35)22-9-7-10-23(31)17-22/h7,9-10,17-18,20-21,24,27-28H,5-6,8,11-16,19,31H2,1-4H3. The summed E-state index contributed by atoms with van der Waals surface area (Å²) in [6.45, 7) is 5.47. The van der Waals surface area contributed by atoms with Gasteiger partial charge in [-0.2, -0.15) is 0 Å². The van der Waals surface area contributed by atoms with E-state index in [4.69, 9.17) is 19.9 Å². The van der Waals surface area contributed by atoms with Gasteiger partial charge in [0.2, 0.25) is 0 Å². The maximum atomic E-state index is 13.0. The molecular weight excluding hydrogens is 540 g/mol. The monoisotopic (exact) mass is 584 g/mol. The Morgan fingerprint density at radius 2 is 1.90 bits per heavy atom. The third-order valence-electron chi connectivity index (χ3n) is 8.48. The van der Waals surface area contributed by atoms with Gasteiger partial charge in [-0.05, 0) is 71.7 Å². The second-order valence-corrected chi connectivity index (χ2v) is 11.4. The Hall–Kier alpha value is -3.51. The Labute approximate surface area is 247 Å². The zero-order chi connectivity index (χ0) is 30.2. The van der Waals surface area contributed by atoms with E-state index in [2.05, 4.69) is 22.1 Å². The number of rotatable bonds is 7. The molecule has 2 aliphatic rings. The van der Waals surface area contributed by atoms with Crippen LogP contribution in [0.25, 0.3) is 11.3 Å². The molecule has 2 saturated heterocycles. The van der Waals surface area contributed by atoms with Gasteiger partial charge in [0.05, 0.1) is 18.3 Å². The first kappa shape index (κ1) is 31.4. The molecule has 2 fully saturated rings. The smallest absolute Gasteiger partial charge is 0.410 e. The number of unbranched alkanes of at least 4 members (excludes halogenated alkanes) is 1. The van der Waals surface area contributed by atoms with Gasteiger partial charge in [-0.25, -0.2) is 4.79 Å². The van der Waals surface area contributed by atoms with Crippen LogP contribution in [-0.2, 0) is 30.3 Å². The van der Waals surface area contributed by atoms with Crippen molar-refractivity contribution in [1.82, 2.24) is 24.8 Å². The number of carbonyl (C=O) groups is 3. The molecule has 2 aliphatic heterocycles. The lowest BCUT2D eigenvalue weighted by Crippen LogP contribution is -2.52. The first-order valence-electron chi connectivity index (χ1n) is 14.8. The number of nitrogen functional groups attached to an aromatic ring is 1. The second-order valence-electron chi connectivity index (χ2n) is 11.4. The highest BCUT2D eigenvalue weighted by atomic mass is 16.6. The maximum absolute atomic E-state index is 13.0. The Balaban J connectivity index is 1.40. The van der Waals surface area contributed by atoms with Crippen molar-refractivity contribution in [1.29, 1.82) is 0 Å². The molecule has 3 heterocycles. The van der Waals surface area contributed by atoms with Crippen LogP contribution in [0.1, 0.15) is 52.4 Å². The first-order valence-corrected chi connectivity index (χ1v) is 14.8. The predicted molar refractivity (Wildman–Crippen MR) is 156 cm³/mol. The summed E-state index contributed by atoms with van der Waals surface area (Å²) in [7, 11) is 3.68. The fourth-order valence-corrected chi connectivity index (χ4v) is 5.68. The van der Waals surface area contributed by atoms with Gasteiger partial charge < -0.3 is 24.8 Å². The van der Waals surface area contributed by atoms with E-state index in [-0.39, 0.29) is 37.0 Å². The first-order chi connectivity index (χ1) is 20.2. The summed E-state index contributed by atoms with van der Waals surface area (Å²) < 4.78 is 18.7. The highest BCUT2D eigenvalue weighted by Crippen LogP contribution is 2.27. The number of amides is 1. The fourth-order valence-electron chi connectivity index (χ4n) is 5.68. The van der Waals surface area contributed by atoms with Crippen LogP contribution in [0.3, 0.4) is 0 Å². The van der Waals surface area contributed by atoms with Gasteiger partial charge >= 0.3 is 12.1 Å². The summed E-state index contributed by atoms with van der Waals surface area (Å²) in [4.78, 5) is 42.3. The number of Topliss-reactive ketones (excluding diaryl/α,β-unsaturated/α-hetero) is 1. The predicted octanol–water partition coefficient (Wildman–Crippen LogP) is 3.15. The van der Waals surface area contributed by atoms with E-state index in [9.17, 15) is 14.4 Å². The minimum Gasteiger partial charge on any atom is -0.461 e. The Morgan fingerprint density at radius 1 is 1.12 bits per heavy atom. The Bertz CT molecular complexity index is 1220. The molecule has 0 saturated carbocycles. The van der Waals surface area contributed by atoms with E-state index in [0.29, 0.717) is 25.2 Å². The quantitative estimate of drug-likeness (QED) is 0.223. The maximum Gasteiger partial charge on any atom is 0.410 e. The molecule has 1 aromatic heterocycles. The fraction of sp³-hybridized carbons (Fsp3) is 0.633. The number of anilines is 1. The molecule has 12 nitrogen and oxygen atoms in total. The molecule has 2 aromatic rings. The topological polar surface area (TPSA) is 142 Å². The number of ketones is 1. The van der Waals surface area contributed by atoms with Crippen LogP contribution in [0.5, 0.6) is 0 Å². The molecule has 230 valence electrons. The van der Waals surface area contributed by atoms with Crippen molar-refractivity contribution < 1.29 is 28.6 Å². The number of aromatic nitrogens is 3. The number of fused-ring (bicyclic) bond motifs is 1. The number of likely N-dealkylation sites (N-methyl/N-ethyl adjacent to an activating group) is 1. The van der Waals surface area contributed by atoms with Crippen LogP contribution in [0, 0.1) is 5.92 Å². The molecule has 0 spiro atoms. The highest BCUT2D eigenvalue weighted by Gasteiger charge is 2.46. The van der Waals surface area contributed by atoms with Crippen molar-refractivity contribution in [2.45, 2.75) is 83.2 Å². The number of hydrogen-bond donors (Lipinski definition) is 1. The molecule has 0 bridgehead atoms. The van der Waals surface area contributed by atoms with E-state index < -0.39 is 24.1 Å². The molecule has 1 amide bonds. The van der Waals surface area contributed by atoms with Crippen LogP contribution < -0.4 is 5.73 Å². The van der Waals surface area contributed by atoms with Gasteiger partial charge in [0.25, 0.3) is 0 Å². The summed E-state index contributed by atoms with van der Waals surface area (Å²) in [5.41, 5.74) is 8.22. The Morgan fingerprint density at radius 3 is 2.67 bits per heavy atom. The van der Waals surface area contributed by atoms with E-state index in [1.807, 2.05) is 37.5 Å². The van der Waals surface area contributed by atoms with Crippen molar-refractivity contribution >= 4 is 23.5 Å². The average molecular weight is 585 g/mol. The Kier molecular flexibility index (Phi) is 10.9. The second kappa shape index (κ2) is 14.6. The number of ether oxygens (including phenoxy) is 3. The highest BCUT2D eigenvalue weighted by molar-refractivity contribution is 5.98. The number of nitrogens with zero attached hydrogens (tertiary/aromatic N) is 5. The zero-order valence-corrected chi connectivity index (χ0v) is 25.1. The number of benzene rings is 1. The molecule has 0 aliphatic carbocycles. The number of carbonyl (C=O) groups excluding carboxylic acids is 3. The van der Waals surface area contributed by atoms with Gasteiger partial charge in [0.1, 0.15) is 24.0 Å². The molecule has 4 rings (SSSR count). The summed E-state index contributed by atoms with van der Waals surface area (Å²) in [5.74, 6) is -1.64. The van der Waals surface area contributed by atoms with Crippen molar-refractivity contribution in [2.24, 2.45) is 5.92 Å². The van der Waals surface area contributed by atoms with Gasteiger partial charge in [0.15, 0.2) is 6.10 Å². The molecule has 0 radical (unpaired) electrons. The SMILES string of the molecule is COC1CCCN(C)C(C)C2C(COC(=O)C(C)C(=O)CC1)OC(=O)N2CCCCn1cc(-c2cccc(N)c2)nn1. The molecule has 5 unspecified atom stereocenters. The number of aryl methyl sites for hydroxylation is 1. The van der Waals surface area contributed by atoms with Crippen LogP contribution in [-0.4, -0.2) is 101 Å². The van der Waals surface area contributed by atoms with Crippen LogP contribution in [0.2, 0.25) is 0 Å². The van der Waals surface area contributed by atoms with Gasteiger partial charge in [-0.15, -0.1) is 5.10 Å². The van der Waals surface area contributed by atoms with E-state index >= 15 is 0 Å². The van der Waals surface area contributed by atoms with Crippen molar-refractivity contribution in [3.8, 4) is 11.3 Å². The van der Waals surface area contributed by atoms with E-state index in [1.54, 1.807) is 23.6 Å². The summed E-state index contributed by atoms with van der Waals surface area (Å²) in [6, 6.07) is 7.15. The minimum atomic E-state index is -0.879. The molecule has 1 aromatic carbocycles. The third-order valence-corrected chi connectivity index (χ3v) is 8.48. The summed E-state index contributed by atoms with van der Waals surface area (Å²) in [5, 5.41) is 8.50. The van der Waals surface area contributed by atoms with Crippen LogP contribution in [0.15, 0.2) is 30.5 Å². The number of hydrogen-bond acceptors (Lipinski definition) is 10. The van der Waals surface area contributed by atoms with Crippen molar-refractivity contribution in [2.75, 3.05) is 39.6 Å². The van der Waals surface area contributed by atoms with E-state index in [1.165, 1.54) is 0 Å². The zero-order valence-electron chi connectivity index (χ0n) is 25.1. The van der Waals surface area contributed by atoms with Gasteiger partial charge in [-0.1, -0.05) is 17.3 Å². The lowest BCUT2D eigenvalue weighted by atomic mass is 9.99. The lowest BCUT2D eigenvalue weighted by molar-refractivity contribution is -0.154. The number of nitrogens with two attached hydrogens (primary N) is 1. The lowest BCUT2D eigenvalue weighted by Gasteiger charge is -2.35. The van der Waals surface area contributed by atoms with Crippen LogP contribution >= 0.6 is 0 Å². The summed E-state index contributed by atoms with van der Waals surface area (Å²) >= 11 is 0. The van der Waals surface area contributed by atoms with E-state index in [0.717, 1.165) is 43.5 Å². The normalized spacial score (nSPS) is 26.7. The molecule has 2 N–H and O–H groups in total. The number of methoxy groups -OCH3 is 1. The van der Waals surface area contributed by atoms with Crippen LogP contribution in [0.4, 0.5) is 10.5 Å². The number of esters is 1. The van der Waals surface area contributed by atoms with Gasteiger partial charge in [-0.3, -0.25) is 19.2 Å². The van der Waals surface area contributed by atoms with Crippen molar-refractivity contribution in [3.05, 3.63) is 30.5 Å². The molecule has 5 atom stereocenters. The van der Waals surface area contributed by atoms with Crippen molar-refractivity contribution in [3.63, 3.8) is 0 Å². The van der Waals surface area contributed by atoms with Gasteiger partial charge in [0, 0.05) is 43.9 Å². The molecule has 12 heteroatoms. The summed E-state index contributed by atoms with van der Waals surface area (Å²) in [6.07, 6.45) is 4.78. The largest absolute Gasteiger partial charge is 0.461 e. The third kappa shape index (κ3) is 7.86. The number of cyclic esters (lactones) is 1. The molecule has 42 heavy (non-hydrogen) atoms. The average Bonchev–Trinajstić information content (AvgIpc) is 3.58. The molecular formula is C30H44N6O6.